The molecular formula is C16H23N5OS. The Balaban J connectivity index is 2.09. The van der Waals surface area contributed by atoms with Crippen LogP contribution in [0.3, 0.4) is 0 Å². The standard InChI is InChI=1S/C16H23N5OS/c1-6-16(4,5)17-14(22)10-23-15-18-19-20-21(15)13-8-7-11(2)9-12(13)3/h7-9H,6,10H2,1-5H3,(H,17,22). The van der Waals surface area contributed by atoms with Crippen LogP contribution in [0.1, 0.15) is 38.3 Å². The summed E-state index contributed by atoms with van der Waals surface area (Å²) in [5.41, 5.74) is 3.01. The molecule has 0 aliphatic rings. The zero-order valence-electron chi connectivity index (χ0n) is 14.3. The largest absolute Gasteiger partial charge is 0.351 e. The number of aryl methyl sites for hydroxylation is 2. The average molecular weight is 333 g/mol. The first-order chi connectivity index (χ1) is 10.8. The molecule has 7 heteroatoms. The molecule has 0 saturated carbocycles. The van der Waals surface area contributed by atoms with E-state index in [0.717, 1.165) is 17.7 Å². The van der Waals surface area contributed by atoms with E-state index in [0.29, 0.717) is 5.16 Å². The van der Waals surface area contributed by atoms with Gasteiger partial charge in [0, 0.05) is 5.54 Å². The van der Waals surface area contributed by atoms with Crippen molar-refractivity contribution in [3.05, 3.63) is 29.3 Å². The number of carbonyl (C=O) groups is 1. The van der Waals surface area contributed by atoms with E-state index >= 15 is 0 Å². The predicted octanol–water partition coefficient (Wildman–Crippen LogP) is 2.68. The van der Waals surface area contributed by atoms with Gasteiger partial charge in [0.05, 0.1) is 11.4 Å². The lowest BCUT2D eigenvalue weighted by atomic mass is 10.0. The smallest absolute Gasteiger partial charge is 0.230 e. The Kier molecular flexibility index (Phi) is 5.41. The third-order valence-corrected chi connectivity index (χ3v) is 4.63. The van der Waals surface area contributed by atoms with Crippen molar-refractivity contribution in [3.63, 3.8) is 0 Å². The van der Waals surface area contributed by atoms with E-state index in [1.807, 2.05) is 46.8 Å². The summed E-state index contributed by atoms with van der Waals surface area (Å²) in [6, 6.07) is 6.10. The van der Waals surface area contributed by atoms with Crippen molar-refractivity contribution in [2.75, 3.05) is 5.75 Å². The maximum atomic E-state index is 12.1. The van der Waals surface area contributed by atoms with Gasteiger partial charge in [0.25, 0.3) is 0 Å². The molecule has 1 heterocycles. The predicted molar refractivity (Wildman–Crippen MR) is 91.9 cm³/mol. The molecule has 6 nitrogen and oxygen atoms in total. The number of thioether (sulfide) groups is 1. The van der Waals surface area contributed by atoms with Gasteiger partial charge in [-0.05, 0) is 56.2 Å². The molecule has 0 bridgehead atoms. The van der Waals surface area contributed by atoms with Gasteiger partial charge in [-0.2, -0.15) is 4.68 Å². The van der Waals surface area contributed by atoms with Gasteiger partial charge in [-0.1, -0.05) is 36.4 Å². The van der Waals surface area contributed by atoms with E-state index in [9.17, 15) is 4.79 Å². The molecule has 1 amide bonds. The summed E-state index contributed by atoms with van der Waals surface area (Å²) in [7, 11) is 0. The number of benzene rings is 1. The van der Waals surface area contributed by atoms with Crippen LogP contribution in [-0.4, -0.2) is 37.4 Å². The third-order valence-electron chi connectivity index (χ3n) is 3.72. The maximum absolute atomic E-state index is 12.1. The van der Waals surface area contributed by atoms with Crippen molar-refractivity contribution >= 4 is 17.7 Å². The van der Waals surface area contributed by atoms with Gasteiger partial charge in [0.15, 0.2) is 0 Å². The first-order valence-electron chi connectivity index (χ1n) is 7.62. The molecule has 0 atom stereocenters. The second-order valence-electron chi connectivity index (χ2n) is 6.24. The SMILES string of the molecule is CCC(C)(C)NC(=O)CSc1nnnn1-c1ccc(C)cc1C. The van der Waals surface area contributed by atoms with Crippen LogP contribution in [0.25, 0.3) is 5.69 Å². The number of amides is 1. The zero-order chi connectivity index (χ0) is 17.0. The summed E-state index contributed by atoms with van der Waals surface area (Å²) in [4.78, 5) is 12.1. The number of carbonyl (C=O) groups excluding carboxylic acids is 1. The van der Waals surface area contributed by atoms with E-state index in [1.54, 1.807) is 4.68 Å². The van der Waals surface area contributed by atoms with Gasteiger partial charge < -0.3 is 5.32 Å². The molecule has 0 saturated heterocycles. The van der Waals surface area contributed by atoms with E-state index < -0.39 is 0 Å². The van der Waals surface area contributed by atoms with Crippen molar-refractivity contribution in [1.82, 2.24) is 25.5 Å². The van der Waals surface area contributed by atoms with E-state index in [1.165, 1.54) is 17.3 Å². The van der Waals surface area contributed by atoms with Crippen molar-refractivity contribution in [3.8, 4) is 5.69 Å². The molecule has 23 heavy (non-hydrogen) atoms. The number of nitrogens with zero attached hydrogens (tertiary/aromatic N) is 4. The van der Waals surface area contributed by atoms with Gasteiger partial charge in [-0.15, -0.1) is 5.10 Å². The molecule has 124 valence electrons. The van der Waals surface area contributed by atoms with Crippen LogP contribution in [0.5, 0.6) is 0 Å². The first-order valence-corrected chi connectivity index (χ1v) is 8.61. The van der Waals surface area contributed by atoms with Gasteiger partial charge in [0.2, 0.25) is 11.1 Å². The second kappa shape index (κ2) is 7.12. The molecule has 2 aromatic rings. The number of hydrogen-bond acceptors (Lipinski definition) is 5. The van der Waals surface area contributed by atoms with Crippen LogP contribution < -0.4 is 5.32 Å². The summed E-state index contributed by atoms with van der Waals surface area (Å²) in [6.45, 7) is 10.1. The van der Waals surface area contributed by atoms with Crippen LogP contribution in [0.2, 0.25) is 0 Å². The van der Waals surface area contributed by atoms with Crippen molar-refractivity contribution in [1.29, 1.82) is 0 Å². The summed E-state index contributed by atoms with van der Waals surface area (Å²) in [5.74, 6) is 0.270. The van der Waals surface area contributed by atoms with Gasteiger partial charge in [-0.3, -0.25) is 4.79 Å². The summed E-state index contributed by atoms with van der Waals surface area (Å²) in [5, 5.41) is 15.4. The molecule has 1 N–H and O–H groups in total. The first kappa shape index (κ1) is 17.5. The molecule has 0 spiro atoms. The van der Waals surface area contributed by atoms with Crippen molar-refractivity contribution < 1.29 is 4.79 Å². The molecule has 1 aromatic carbocycles. The fraction of sp³-hybridized carbons (Fsp3) is 0.500. The lowest BCUT2D eigenvalue weighted by molar-refractivity contribution is -0.120. The lowest BCUT2D eigenvalue weighted by Gasteiger charge is -2.24. The fourth-order valence-corrected chi connectivity index (χ4v) is 2.78. The minimum Gasteiger partial charge on any atom is -0.351 e. The van der Waals surface area contributed by atoms with Gasteiger partial charge >= 0.3 is 0 Å². The number of aromatic nitrogens is 4. The quantitative estimate of drug-likeness (QED) is 0.823. The monoisotopic (exact) mass is 333 g/mol. The highest BCUT2D eigenvalue weighted by atomic mass is 32.2. The van der Waals surface area contributed by atoms with Gasteiger partial charge in [0.1, 0.15) is 0 Å². The van der Waals surface area contributed by atoms with Crippen molar-refractivity contribution in [2.45, 2.75) is 51.7 Å². The number of tetrazole rings is 1. The van der Waals surface area contributed by atoms with Crippen LogP contribution in [0.15, 0.2) is 23.4 Å². The van der Waals surface area contributed by atoms with E-state index in [2.05, 4.69) is 26.9 Å². The molecule has 1 aromatic heterocycles. The molecule has 0 aliphatic heterocycles. The topological polar surface area (TPSA) is 72.7 Å². The Hall–Kier alpha value is -1.89. The molecule has 0 unspecified atom stereocenters. The van der Waals surface area contributed by atoms with Crippen LogP contribution in [0, 0.1) is 13.8 Å². The summed E-state index contributed by atoms with van der Waals surface area (Å²) >= 11 is 1.34. The highest BCUT2D eigenvalue weighted by molar-refractivity contribution is 7.99. The van der Waals surface area contributed by atoms with Crippen LogP contribution >= 0.6 is 11.8 Å². The second-order valence-corrected chi connectivity index (χ2v) is 7.18. The molecule has 0 radical (unpaired) electrons. The Morgan fingerprint density at radius 1 is 1.35 bits per heavy atom. The van der Waals surface area contributed by atoms with E-state index in [4.69, 9.17) is 0 Å². The Morgan fingerprint density at radius 2 is 2.09 bits per heavy atom. The normalized spacial score (nSPS) is 11.5. The molecular weight excluding hydrogens is 310 g/mol. The average Bonchev–Trinajstić information content (AvgIpc) is 2.93. The maximum Gasteiger partial charge on any atom is 0.230 e. The Labute approximate surface area is 141 Å². The number of hydrogen-bond donors (Lipinski definition) is 1. The molecule has 0 aliphatic carbocycles. The third kappa shape index (κ3) is 4.54. The van der Waals surface area contributed by atoms with Crippen LogP contribution in [-0.2, 0) is 4.79 Å². The number of nitrogens with one attached hydrogen (secondary N) is 1. The van der Waals surface area contributed by atoms with Gasteiger partial charge in [-0.25, -0.2) is 0 Å². The summed E-state index contributed by atoms with van der Waals surface area (Å²) < 4.78 is 1.68. The number of rotatable bonds is 6. The minimum atomic E-state index is -0.197. The lowest BCUT2D eigenvalue weighted by Crippen LogP contribution is -2.43. The van der Waals surface area contributed by atoms with E-state index in [-0.39, 0.29) is 17.2 Å². The Bertz CT molecular complexity index is 696. The fourth-order valence-electron chi connectivity index (χ4n) is 2.10. The highest BCUT2D eigenvalue weighted by Crippen LogP contribution is 2.21. The molecule has 2 rings (SSSR count). The molecule has 0 fully saturated rings. The Morgan fingerprint density at radius 3 is 2.74 bits per heavy atom. The minimum absolute atomic E-state index is 0.0166. The van der Waals surface area contributed by atoms with Crippen molar-refractivity contribution in [2.24, 2.45) is 0 Å². The summed E-state index contributed by atoms with van der Waals surface area (Å²) in [6.07, 6.45) is 0.879. The zero-order valence-corrected chi connectivity index (χ0v) is 15.1. The highest BCUT2D eigenvalue weighted by Gasteiger charge is 2.19. The van der Waals surface area contributed by atoms with Crippen LogP contribution in [0.4, 0.5) is 0 Å².